The molecule has 3 rings (SSSR count). The van der Waals surface area contributed by atoms with Crippen LogP contribution in [0.1, 0.15) is 5.56 Å². The Morgan fingerprint density at radius 3 is 2.67 bits per heavy atom. The molecule has 24 heavy (non-hydrogen) atoms. The predicted molar refractivity (Wildman–Crippen MR) is 83.5 cm³/mol. The minimum atomic E-state index is -0.542. The van der Waals surface area contributed by atoms with Gasteiger partial charge in [0.15, 0.2) is 0 Å². The first kappa shape index (κ1) is 16.1. The Labute approximate surface area is 136 Å². The summed E-state index contributed by atoms with van der Waals surface area (Å²) >= 11 is 0. The van der Waals surface area contributed by atoms with Crippen molar-refractivity contribution in [2.24, 2.45) is 7.05 Å². The summed E-state index contributed by atoms with van der Waals surface area (Å²) in [6.45, 7) is 0.853. The molecule has 2 aromatic rings. The van der Waals surface area contributed by atoms with Crippen molar-refractivity contribution >= 4 is 11.7 Å². The van der Waals surface area contributed by atoms with E-state index in [1.807, 2.05) is 0 Å². The number of aryl methyl sites for hydroxylation is 1. The number of piperazine rings is 1. The van der Waals surface area contributed by atoms with Gasteiger partial charge in [0.05, 0.1) is 12.9 Å². The Morgan fingerprint density at radius 1 is 1.17 bits per heavy atom. The van der Waals surface area contributed by atoms with Crippen LogP contribution in [0.4, 0.5) is 14.6 Å². The van der Waals surface area contributed by atoms with Crippen molar-refractivity contribution in [2.45, 2.75) is 6.54 Å². The van der Waals surface area contributed by atoms with Crippen molar-refractivity contribution < 1.29 is 13.6 Å². The molecular formula is C16H16F2N4O2. The van der Waals surface area contributed by atoms with E-state index in [1.165, 1.54) is 21.9 Å². The molecule has 8 heteroatoms. The highest BCUT2D eigenvalue weighted by Crippen LogP contribution is 2.16. The Bertz CT molecular complexity index is 837. The fourth-order valence-corrected chi connectivity index (χ4v) is 2.57. The Balaban J connectivity index is 1.71. The van der Waals surface area contributed by atoms with E-state index in [1.54, 1.807) is 11.9 Å². The summed E-state index contributed by atoms with van der Waals surface area (Å²) in [5.74, 6) is -0.878. The molecule has 0 unspecified atom stereocenters. The number of carbonyl (C=O) groups excluding carboxylic acids is 1. The number of hydrogen-bond donors (Lipinski definition) is 0. The molecule has 0 atom stereocenters. The summed E-state index contributed by atoms with van der Waals surface area (Å²) in [6.07, 6.45) is 1.40. The largest absolute Gasteiger partial charge is 0.345 e. The number of nitrogens with zero attached hydrogens (tertiary/aromatic N) is 4. The molecule has 1 aliphatic heterocycles. The Kier molecular flexibility index (Phi) is 4.28. The summed E-state index contributed by atoms with van der Waals surface area (Å²) in [7, 11) is 1.59. The van der Waals surface area contributed by atoms with Crippen LogP contribution in [0.2, 0.25) is 0 Å². The number of halogens is 2. The molecule has 2 heterocycles. The van der Waals surface area contributed by atoms with Gasteiger partial charge in [0.1, 0.15) is 17.5 Å². The second kappa shape index (κ2) is 6.38. The van der Waals surface area contributed by atoms with Gasteiger partial charge in [-0.15, -0.1) is 0 Å². The molecule has 126 valence electrons. The third kappa shape index (κ3) is 3.27. The van der Waals surface area contributed by atoms with Crippen LogP contribution < -0.4 is 10.5 Å². The lowest BCUT2D eigenvalue weighted by Crippen LogP contribution is -2.50. The van der Waals surface area contributed by atoms with Crippen molar-refractivity contribution in [3.63, 3.8) is 0 Å². The monoisotopic (exact) mass is 334 g/mol. The average molecular weight is 334 g/mol. The number of rotatable bonds is 3. The first-order valence-electron chi connectivity index (χ1n) is 7.43. The molecule has 0 saturated carbocycles. The van der Waals surface area contributed by atoms with E-state index in [0.717, 1.165) is 18.2 Å². The van der Waals surface area contributed by atoms with E-state index in [-0.39, 0.29) is 30.1 Å². The number of anilines is 1. The number of amides is 1. The van der Waals surface area contributed by atoms with Gasteiger partial charge in [-0.05, 0) is 18.2 Å². The lowest BCUT2D eigenvalue weighted by Gasteiger charge is -2.35. The minimum absolute atomic E-state index is 0.0141. The lowest BCUT2D eigenvalue weighted by atomic mass is 10.1. The van der Waals surface area contributed by atoms with Gasteiger partial charge in [-0.3, -0.25) is 9.59 Å². The molecule has 0 aliphatic carbocycles. The second-order valence-electron chi connectivity index (χ2n) is 5.67. The number of aromatic nitrogens is 2. The van der Waals surface area contributed by atoms with Crippen LogP contribution in [0.25, 0.3) is 0 Å². The molecule has 1 amide bonds. The van der Waals surface area contributed by atoms with Gasteiger partial charge in [0.25, 0.3) is 5.56 Å². The Morgan fingerprint density at radius 2 is 1.96 bits per heavy atom. The lowest BCUT2D eigenvalue weighted by molar-refractivity contribution is -0.131. The third-order valence-corrected chi connectivity index (χ3v) is 3.98. The zero-order chi connectivity index (χ0) is 17.3. The summed E-state index contributed by atoms with van der Waals surface area (Å²) < 4.78 is 28.3. The highest BCUT2D eigenvalue weighted by molar-refractivity contribution is 5.82. The first-order valence-corrected chi connectivity index (χ1v) is 7.43. The zero-order valence-electron chi connectivity index (χ0n) is 13.1. The van der Waals surface area contributed by atoms with Gasteiger partial charge in [-0.1, -0.05) is 0 Å². The first-order chi connectivity index (χ1) is 11.4. The Hall–Kier alpha value is -2.77. The fourth-order valence-electron chi connectivity index (χ4n) is 2.57. The maximum Gasteiger partial charge on any atom is 0.255 e. The normalized spacial score (nSPS) is 15.0. The molecule has 1 aromatic heterocycles. The van der Waals surface area contributed by atoms with Crippen LogP contribution in [-0.2, 0) is 18.4 Å². The maximum atomic E-state index is 13.7. The van der Waals surface area contributed by atoms with E-state index in [0.29, 0.717) is 18.9 Å². The van der Waals surface area contributed by atoms with Crippen LogP contribution in [-0.4, -0.2) is 40.0 Å². The average Bonchev–Trinajstić information content (AvgIpc) is 2.55. The van der Waals surface area contributed by atoms with Gasteiger partial charge < -0.3 is 14.4 Å². The molecule has 0 spiro atoms. The molecule has 1 aliphatic rings. The molecule has 0 N–H and O–H groups in total. The van der Waals surface area contributed by atoms with Gasteiger partial charge in [0.2, 0.25) is 5.91 Å². The van der Waals surface area contributed by atoms with Crippen LogP contribution in [0.5, 0.6) is 0 Å². The number of benzene rings is 1. The number of hydrogen-bond acceptors (Lipinski definition) is 4. The van der Waals surface area contributed by atoms with Gasteiger partial charge >= 0.3 is 0 Å². The molecule has 6 nitrogen and oxygen atoms in total. The van der Waals surface area contributed by atoms with Crippen LogP contribution in [0.3, 0.4) is 0 Å². The molecule has 0 bridgehead atoms. The molecule has 1 saturated heterocycles. The van der Waals surface area contributed by atoms with Crippen LogP contribution in [0.15, 0.2) is 35.4 Å². The molecule has 1 fully saturated rings. The second-order valence-corrected chi connectivity index (χ2v) is 5.67. The van der Waals surface area contributed by atoms with E-state index in [9.17, 15) is 18.4 Å². The maximum absolute atomic E-state index is 13.7. The third-order valence-electron chi connectivity index (χ3n) is 3.98. The van der Waals surface area contributed by atoms with Gasteiger partial charge in [-0.25, -0.2) is 13.8 Å². The molecule has 1 aromatic carbocycles. The topological polar surface area (TPSA) is 58.4 Å². The van der Waals surface area contributed by atoms with Crippen molar-refractivity contribution in [3.8, 4) is 0 Å². The summed E-state index contributed by atoms with van der Waals surface area (Å²) in [4.78, 5) is 31.3. The highest BCUT2D eigenvalue weighted by atomic mass is 19.1. The van der Waals surface area contributed by atoms with E-state index >= 15 is 0 Å². The van der Waals surface area contributed by atoms with E-state index in [4.69, 9.17) is 0 Å². The predicted octanol–water partition coefficient (Wildman–Crippen LogP) is 0.907. The van der Waals surface area contributed by atoms with Crippen LogP contribution in [0, 0.1) is 11.6 Å². The highest BCUT2D eigenvalue weighted by Gasteiger charge is 2.25. The van der Waals surface area contributed by atoms with Gasteiger partial charge in [0, 0.05) is 38.3 Å². The van der Waals surface area contributed by atoms with Crippen molar-refractivity contribution in [1.82, 2.24) is 14.5 Å². The summed E-state index contributed by atoms with van der Waals surface area (Å²) in [6, 6.07) is 4.56. The zero-order valence-corrected chi connectivity index (χ0v) is 13.1. The van der Waals surface area contributed by atoms with Crippen molar-refractivity contribution in [3.05, 3.63) is 58.1 Å². The quantitative estimate of drug-likeness (QED) is 0.837. The number of carbonyl (C=O) groups is 1. The van der Waals surface area contributed by atoms with E-state index in [2.05, 4.69) is 4.98 Å². The molecule has 0 radical (unpaired) electrons. The van der Waals surface area contributed by atoms with E-state index < -0.39 is 11.6 Å². The molecular weight excluding hydrogens is 318 g/mol. The van der Waals surface area contributed by atoms with Crippen molar-refractivity contribution in [2.75, 3.05) is 24.5 Å². The van der Waals surface area contributed by atoms with Gasteiger partial charge in [-0.2, -0.15) is 0 Å². The standard InChI is InChI=1S/C16H16F2N4O2/c1-20-10-19-14(7-15(20)23)21-4-5-22(16(24)9-21)8-11-6-12(17)2-3-13(11)18/h2-3,6-7,10H,4-5,8-9H2,1H3. The minimum Gasteiger partial charge on any atom is -0.345 e. The van der Waals surface area contributed by atoms with Crippen LogP contribution >= 0.6 is 0 Å². The summed E-state index contributed by atoms with van der Waals surface area (Å²) in [5, 5.41) is 0. The van der Waals surface area contributed by atoms with Crippen molar-refractivity contribution in [1.29, 1.82) is 0 Å². The SMILES string of the molecule is Cn1cnc(N2CCN(Cc3cc(F)ccc3F)C(=O)C2)cc1=O. The fraction of sp³-hybridized carbons (Fsp3) is 0.312. The smallest absolute Gasteiger partial charge is 0.255 e. The summed E-state index contributed by atoms with van der Waals surface area (Å²) in [5.41, 5.74) is -0.0692.